The summed E-state index contributed by atoms with van der Waals surface area (Å²) in [5, 5.41) is 44.4. The highest BCUT2D eigenvalue weighted by Crippen LogP contribution is 2.32. The molecule has 0 unspecified atom stereocenters. The molecule has 2 amide bonds. The number of carboxylic acid groups (broad SMARTS) is 3. The normalized spacial score (nSPS) is 12.3. The van der Waals surface area contributed by atoms with Crippen molar-refractivity contribution in [3.05, 3.63) is 40.8 Å². The van der Waals surface area contributed by atoms with Gasteiger partial charge in [0.15, 0.2) is 0 Å². The second kappa shape index (κ2) is 13.4. The number of rotatable bonds is 14. The number of carbonyl (C=O) groups is 5. The fraction of sp³-hybridized carbons (Fsp3) is 0.320. The SMILES string of the molecule is CN(Cc1csc2nc(N)nc(O)c12)c1ccc(C(=O)N[C@@H](CCC(=O)N[C@@H](CCC(=O)O)C(=O)O)C(=O)O)cc1. The van der Waals surface area contributed by atoms with Gasteiger partial charge in [0.2, 0.25) is 17.7 Å². The molecule has 16 heteroatoms. The summed E-state index contributed by atoms with van der Waals surface area (Å²) in [7, 11) is 1.80. The summed E-state index contributed by atoms with van der Waals surface area (Å²) < 4.78 is 0. The summed E-state index contributed by atoms with van der Waals surface area (Å²) in [6.45, 7) is 0.384. The molecule has 41 heavy (non-hydrogen) atoms. The third-order valence-corrected chi connectivity index (χ3v) is 6.95. The first-order valence-corrected chi connectivity index (χ1v) is 13.0. The van der Waals surface area contributed by atoms with E-state index < -0.39 is 54.6 Å². The maximum atomic E-state index is 12.7. The van der Waals surface area contributed by atoms with Gasteiger partial charge in [0.05, 0.1) is 5.39 Å². The minimum Gasteiger partial charge on any atom is -0.493 e. The van der Waals surface area contributed by atoms with Crippen LogP contribution >= 0.6 is 11.3 Å². The predicted octanol–water partition coefficient (Wildman–Crippen LogP) is 1.01. The molecule has 0 spiro atoms. The minimum atomic E-state index is -1.44. The van der Waals surface area contributed by atoms with E-state index in [1.54, 1.807) is 19.2 Å². The van der Waals surface area contributed by atoms with Crippen molar-refractivity contribution in [3.63, 3.8) is 0 Å². The predicted molar refractivity (Wildman–Crippen MR) is 147 cm³/mol. The Balaban J connectivity index is 1.58. The van der Waals surface area contributed by atoms with Gasteiger partial charge >= 0.3 is 17.9 Å². The number of nitrogen functional groups attached to an aromatic ring is 1. The van der Waals surface area contributed by atoms with Crippen molar-refractivity contribution in [2.45, 2.75) is 44.3 Å². The lowest BCUT2D eigenvalue weighted by atomic mass is 10.1. The Labute approximate surface area is 236 Å². The number of hydrogen-bond acceptors (Lipinski definition) is 11. The Morgan fingerprint density at radius 3 is 2.17 bits per heavy atom. The maximum Gasteiger partial charge on any atom is 0.326 e. The van der Waals surface area contributed by atoms with Crippen molar-refractivity contribution >= 4 is 62.9 Å². The van der Waals surface area contributed by atoms with Crippen LogP contribution in [0, 0.1) is 0 Å². The molecular weight excluding hydrogens is 560 g/mol. The van der Waals surface area contributed by atoms with Crippen molar-refractivity contribution in [3.8, 4) is 5.88 Å². The van der Waals surface area contributed by atoms with Crippen molar-refractivity contribution in [2.24, 2.45) is 0 Å². The number of nitrogens with one attached hydrogen (secondary N) is 2. The van der Waals surface area contributed by atoms with Crippen molar-refractivity contribution in [1.29, 1.82) is 0 Å². The van der Waals surface area contributed by atoms with Crippen LogP contribution in [0.2, 0.25) is 0 Å². The first-order valence-electron chi connectivity index (χ1n) is 12.2. The largest absolute Gasteiger partial charge is 0.493 e. The highest BCUT2D eigenvalue weighted by molar-refractivity contribution is 7.17. The second-order valence-electron chi connectivity index (χ2n) is 9.04. The summed E-state index contributed by atoms with van der Waals surface area (Å²) in [5.41, 5.74) is 7.24. The zero-order valence-corrected chi connectivity index (χ0v) is 22.6. The van der Waals surface area contributed by atoms with E-state index in [4.69, 9.17) is 15.9 Å². The van der Waals surface area contributed by atoms with E-state index in [0.29, 0.717) is 16.8 Å². The molecule has 3 aromatic rings. The lowest BCUT2D eigenvalue weighted by Gasteiger charge is -2.20. The zero-order chi connectivity index (χ0) is 30.3. The average Bonchev–Trinajstić information content (AvgIpc) is 3.30. The van der Waals surface area contributed by atoms with E-state index in [1.165, 1.54) is 23.5 Å². The fourth-order valence-electron chi connectivity index (χ4n) is 3.89. The van der Waals surface area contributed by atoms with Gasteiger partial charge in [-0.25, -0.2) is 14.6 Å². The molecule has 1 aromatic carbocycles. The molecule has 0 aliphatic carbocycles. The molecule has 2 heterocycles. The molecule has 8 N–H and O–H groups in total. The number of amides is 2. The summed E-state index contributed by atoms with van der Waals surface area (Å²) in [6.07, 6.45) is -1.55. The number of anilines is 2. The molecule has 0 saturated carbocycles. The molecule has 0 saturated heterocycles. The quantitative estimate of drug-likeness (QED) is 0.139. The average molecular weight is 589 g/mol. The van der Waals surface area contributed by atoms with Crippen molar-refractivity contribution in [1.82, 2.24) is 20.6 Å². The standard InChI is InChI=1S/C25H28N6O9S/c1-31(10-13-11-41-22-19(13)21(36)29-25(26)30-22)14-4-2-12(3-5-14)20(35)28-16(24(39)40)6-8-17(32)27-15(23(37)38)7-9-18(33)34/h2-5,11,15-16H,6-10H2,1H3,(H,27,32)(H,28,35)(H,33,34)(H,37,38)(H,39,40)(H3,26,29,30,36)/t15-,16-/m0/s1. The number of aromatic nitrogens is 2. The second-order valence-corrected chi connectivity index (χ2v) is 9.90. The van der Waals surface area contributed by atoms with Gasteiger partial charge in [-0.05, 0) is 48.1 Å². The number of aliphatic carboxylic acids is 3. The highest BCUT2D eigenvalue weighted by atomic mass is 32.1. The Morgan fingerprint density at radius 2 is 1.56 bits per heavy atom. The summed E-state index contributed by atoms with van der Waals surface area (Å²) in [5.74, 6) is -5.76. The van der Waals surface area contributed by atoms with Crippen LogP contribution in [0.5, 0.6) is 5.88 Å². The van der Waals surface area contributed by atoms with E-state index in [1.807, 2.05) is 10.3 Å². The number of nitrogens with two attached hydrogens (primary N) is 1. The van der Waals surface area contributed by atoms with Gasteiger partial charge in [0.1, 0.15) is 16.9 Å². The third kappa shape index (κ3) is 8.25. The van der Waals surface area contributed by atoms with Crippen LogP contribution in [0.4, 0.5) is 11.6 Å². The smallest absolute Gasteiger partial charge is 0.326 e. The highest BCUT2D eigenvalue weighted by Gasteiger charge is 2.25. The van der Waals surface area contributed by atoms with E-state index >= 15 is 0 Å². The van der Waals surface area contributed by atoms with Crippen LogP contribution in [0.3, 0.4) is 0 Å². The molecular formula is C25H28N6O9S. The molecule has 3 rings (SSSR count). The number of fused-ring (bicyclic) bond motifs is 1. The maximum absolute atomic E-state index is 12.7. The van der Waals surface area contributed by atoms with Gasteiger partial charge in [-0.2, -0.15) is 4.98 Å². The van der Waals surface area contributed by atoms with Gasteiger partial charge < -0.3 is 41.7 Å². The third-order valence-electron chi connectivity index (χ3n) is 6.03. The topological polar surface area (TPSA) is 245 Å². The van der Waals surface area contributed by atoms with Crippen LogP contribution in [-0.2, 0) is 25.7 Å². The first-order chi connectivity index (χ1) is 19.3. The lowest BCUT2D eigenvalue weighted by molar-refractivity contribution is -0.143. The van der Waals surface area contributed by atoms with Crippen molar-refractivity contribution < 1.29 is 44.4 Å². The number of thiophene rings is 1. The van der Waals surface area contributed by atoms with Gasteiger partial charge in [0.25, 0.3) is 5.91 Å². The Morgan fingerprint density at radius 1 is 0.951 bits per heavy atom. The Hall–Kier alpha value is -4.99. The molecule has 0 radical (unpaired) electrons. The number of benzene rings is 1. The van der Waals surface area contributed by atoms with Gasteiger partial charge in [-0.15, -0.1) is 11.3 Å². The van der Waals surface area contributed by atoms with E-state index in [-0.39, 0.29) is 30.2 Å². The molecule has 2 aromatic heterocycles. The van der Waals surface area contributed by atoms with E-state index in [0.717, 1.165) is 11.3 Å². The van der Waals surface area contributed by atoms with Crippen LogP contribution in [0.25, 0.3) is 10.2 Å². The number of hydrogen-bond donors (Lipinski definition) is 7. The summed E-state index contributed by atoms with van der Waals surface area (Å²) in [4.78, 5) is 68.7. The molecule has 15 nitrogen and oxygen atoms in total. The van der Waals surface area contributed by atoms with E-state index in [2.05, 4.69) is 20.6 Å². The van der Waals surface area contributed by atoms with Crippen LogP contribution in [0.15, 0.2) is 29.6 Å². The number of carbonyl (C=O) groups excluding carboxylic acids is 2. The van der Waals surface area contributed by atoms with Gasteiger partial charge in [0, 0.05) is 37.7 Å². The Bertz CT molecular complexity index is 1460. The van der Waals surface area contributed by atoms with Crippen LogP contribution in [0.1, 0.15) is 41.6 Å². The molecule has 0 fully saturated rings. The zero-order valence-electron chi connectivity index (χ0n) is 21.7. The summed E-state index contributed by atoms with van der Waals surface area (Å²) >= 11 is 1.32. The minimum absolute atomic E-state index is 0.0289. The van der Waals surface area contributed by atoms with Crippen LogP contribution < -0.4 is 21.3 Å². The number of carboxylic acids is 3. The number of aromatic hydroxyl groups is 1. The van der Waals surface area contributed by atoms with E-state index in [9.17, 15) is 34.2 Å². The Kier molecular flexibility index (Phi) is 9.97. The van der Waals surface area contributed by atoms with Crippen LogP contribution in [-0.4, -0.2) is 79.2 Å². The monoisotopic (exact) mass is 588 g/mol. The number of nitrogens with zero attached hydrogens (tertiary/aromatic N) is 3. The lowest BCUT2D eigenvalue weighted by Crippen LogP contribution is -2.44. The van der Waals surface area contributed by atoms with Gasteiger partial charge in [-0.1, -0.05) is 0 Å². The molecule has 0 aliphatic rings. The van der Waals surface area contributed by atoms with Crippen molar-refractivity contribution in [2.75, 3.05) is 17.7 Å². The first kappa shape index (κ1) is 30.6. The molecule has 218 valence electrons. The molecule has 0 aliphatic heterocycles. The molecule has 2 atom stereocenters. The molecule has 0 bridgehead atoms. The van der Waals surface area contributed by atoms with Gasteiger partial charge in [-0.3, -0.25) is 14.4 Å². The fourth-order valence-corrected chi connectivity index (χ4v) is 4.83. The summed E-state index contributed by atoms with van der Waals surface area (Å²) in [6, 6.07) is 3.44.